The molecule has 0 bridgehead atoms. The van der Waals surface area contributed by atoms with Gasteiger partial charge in [-0.15, -0.1) is 0 Å². The number of allylic oxidation sites excluding steroid dienone is 1. The number of piperidine rings is 1. The van der Waals surface area contributed by atoms with E-state index in [0.717, 1.165) is 42.4 Å². The number of aromatic nitrogens is 1. The first-order valence-electron chi connectivity index (χ1n) is 11.3. The Balaban J connectivity index is 0.000000630. The van der Waals surface area contributed by atoms with E-state index in [0.29, 0.717) is 6.04 Å². The molecule has 0 amide bonds. The van der Waals surface area contributed by atoms with Gasteiger partial charge in [0.15, 0.2) is 0 Å². The number of aliphatic imine (C=N–C) groups is 1. The lowest BCUT2D eigenvalue weighted by Crippen LogP contribution is -2.43. The van der Waals surface area contributed by atoms with Gasteiger partial charge in [-0.1, -0.05) is 51.1 Å². The van der Waals surface area contributed by atoms with Crippen LogP contribution in [0.3, 0.4) is 0 Å². The van der Waals surface area contributed by atoms with E-state index in [1.54, 1.807) is 0 Å². The van der Waals surface area contributed by atoms with E-state index in [4.69, 9.17) is 4.99 Å². The molecule has 0 aliphatic carbocycles. The van der Waals surface area contributed by atoms with Crippen LogP contribution >= 0.6 is 0 Å². The third-order valence-electron chi connectivity index (χ3n) is 5.18. The lowest BCUT2D eigenvalue weighted by atomic mass is 9.99. The average molecular weight is 420 g/mol. The topological polar surface area (TPSA) is 66.5 Å². The first-order valence-corrected chi connectivity index (χ1v) is 11.3. The van der Waals surface area contributed by atoms with E-state index in [2.05, 4.69) is 77.8 Å². The highest BCUT2D eigenvalue weighted by atomic mass is 15.2. The second kappa shape index (κ2) is 12.7. The van der Waals surface area contributed by atoms with Crippen LogP contribution in [0.25, 0.3) is 5.70 Å². The van der Waals surface area contributed by atoms with Crippen molar-refractivity contribution in [3.8, 4) is 0 Å². The minimum atomic E-state index is 0.636. The maximum atomic E-state index is 4.80. The SMILES string of the molecule is C=CN.CC.CCNC1CCN(c2ncccc2C2=NC(c3cccc(C)c3)=C2)CC1. The van der Waals surface area contributed by atoms with Crippen LogP contribution in [0, 0.1) is 6.92 Å². The van der Waals surface area contributed by atoms with Gasteiger partial charge in [0, 0.05) is 36.5 Å². The molecule has 5 heteroatoms. The second-order valence-electron chi connectivity index (χ2n) is 7.33. The fourth-order valence-corrected chi connectivity index (χ4v) is 3.78. The van der Waals surface area contributed by atoms with Gasteiger partial charge in [0.25, 0.3) is 0 Å². The van der Waals surface area contributed by atoms with Crippen LogP contribution in [0.1, 0.15) is 50.3 Å². The number of hydrogen-bond donors (Lipinski definition) is 2. The zero-order chi connectivity index (χ0) is 22.6. The third kappa shape index (κ3) is 6.53. The van der Waals surface area contributed by atoms with Gasteiger partial charge in [-0.05, 0) is 56.8 Å². The van der Waals surface area contributed by atoms with Crippen LogP contribution < -0.4 is 16.0 Å². The average Bonchev–Trinajstić information content (AvgIpc) is 2.76. The number of nitrogens with two attached hydrogens (primary N) is 1. The zero-order valence-electron chi connectivity index (χ0n) is 19.4. The number of aryl methyl sites for hydroxylation is 1. The number of pyridine rings is 1. The Morgan fingerprint density at radius 2 is 1.87 bits per heavy atom. The Morgan fingerprint density at radius 3 is 2.48 bits per heavy atom. The van der Waals surface area contributed by atoms with Crippen molar-refractivity contribution in [1.29, 1.82) is 0 Å². The Hall–Kier alpha value is -2.92. The van der Waals surface area contributed by atoms with E-state index in [-0.39, 0.29) is 0 Å². The molecule has 31 heavy (non-hydrogen) atoms. The van der Waals surface area contributed by atoms with Gasteiger partial charge in [-0.25, -0.2) is 9.98 Å². The van der Waals surface area contributed by atoms with E-state index in [1.807, 2.05) is 26.1 Å². The van der Waals surface area contributed by atoms with E-state index < -0.39 is 0 Å². The highest BCUT2D eigenvalue weighted by Crippen LogP contribution is 2.30. The van der Waals surface area contributed by atoms with Crippen molar-refractivity contribution in [3.05, 3.63) is 78.1 Å². The standard InChI is InChI=1S/C22H26N4.C2H5N.C2H6/c1-3-23-18-9-12-26(13-10-18)22-19(8-5-11-24-22)21-15-20(25-21)17-7-4-6-16(2)14-17;1-2-3;1-2/h4-8,11,14-15,18,23H,3,9-10,12-13H2,1-2H3;2H,1,3H2;1-2H3. The number of benzene rings is 1. The second-order valence-corrected chi connectivity index (χ2v) is 7.33. The van der Waals surface area contributed by atoms with Crippen molar-refractivity contribution in [1.82, 2.24) is 10.3 Å². The summed E-state index contributed by atoms with van der Waals surface area (Å²) in [6.07, 6.45) is 7.65. The molecule has 2 aliphatic rings. The minimum absolute atomic E-state index is 0.636. The van der Waals surface area contributed by atoms with Gasteiger partial charge in [0.05, 0.1) is 11.4 Å². The van der Waals surface area contributed by atoms with Gasteiger partial charge in [0.2, 0.25) is 0 Å². The van der Waals surface area contributed by atoms with Crippen LogP contribution in [0.15, 0.2) is 66.4 Å². The molecule has 3 N–H and O–H groups in total. The fourth-order valence-electron chi connectivity index (χ4n) is 3.78. The molecule has 2 aromatic rings. The summed E-state index contributed by atoms with van der Waals surface area (Å²) >= 11 is 0. The summed E-state index contributed by atoms with van der Waals surface area (Å²) in [5, 5.41) is 3.56. The number of hydrogen-bond acceptors (Lipinski definition) is 5. The molecule has 2 aliphatic heterocycles. The maximum Gasteiger partial charge on any atom is 0.137 e. The summed E-state index contributed by atoms with van der Waals surface area (Å²) in [4.78, 5) is 11.9. The van der Waals surface area contributed by atoms with E-state index in [1.165, 1.54) is 30.2 Å². The lowest BCUT2D eigenvalue weighted by Gasteiger charge is -2.34. The zero-order valence-corrected chi connectivity index (χ0v) is 19.4. The number of rotatable bonds is 5. The van der Waals surface area contributed by atoms with Crippen molar-refractivity contribution < 1.29 is 0 Å². The van der Waals surface area contributed by atoms with Crippen molar-refractivity contribution >= 4 is 17.2 Å². The molecule has 0 radical (unpaired) electrons. The molecular formula is C26H37N5. The first-order chi connectivity index (χ1) is 15.2. The number of nitrogens with zero attached hydrogens (tertiary/aromatic N) is 3. The molecule has 166 valence electrons. The fraction of sp³-hybridized carbons (Fsp3) is 0.385. The summed E-state index contributed by atoms with van der Waals surface area (Å²) in [5.74, 6) is 1.07. The van der Waals surface area contributed by atoms with E-state index >= 15 is 0 Å². The monoisotopic (exact) mass is 419 g/mol. The molecule has 4 rings (SSSR count). The van der Waals surface area contributed by atoms with Crippen LogP contribution in [0.5, 0.6) is 0 Å². The van der Waals surface area contributed by atoms with Gasteiger partial charge >= 0.3 is 0 Å². The normalized spacial score (nSPS) is 15.3. The van der Waals surface area contributed by atoms with Crippen LogP contribution in [0.4, 0.5) is 5.82 Å². The van der Waals surface area contributed by atoms with Crippen molar-refractivity contribution in [2.45, 2.75) is 46.6 Å². The summed E-state index contributed by atoms with van der Waals surface area (Å²) in [6.45, 7) is 14.6. The van der Waals surface area contributed by atoms with Gasteiger partial charge in [-0.3, -0.25) is 0 Å². The lowest BCUT2D eigenvalue weighted by molar-refractivity contribution is 0.422. The van der Waals surface area contributed by atoms with Crippen molar-refractivity contribution in [2.75, 3.05) is 24.5 Å². The largest absolute Gasteiger partial charge is 0.405 e. The molecule has 1 aromatic heterocycles. The highest BCUT2D eigenvalue weighted by molar-refractivity contribution is 6.21. The molecule has 0 atom stereocenters. The van der Waals surface area contributed by atoms with Crippen LogP contribution in [0.2, 0.25) is 0 Å². The molecule has 3 heterocycles. The smallest absolute Gasteiger partial charge is 0.137 e. The molecule has 0 saturated carbocycles. The molecule has 1 fully saturated rings. The molecule has 0 spiro atoms. The molecule has 0 unspecified atom stereocenters. The Labute approximate surface area is 187 Å². The Kier molecular flexibility index (Phi) is 9.98. The van der Waals surface area contributed by atoms with Gasteiger partial charge < -0.3 is 16.0 Å². The Morgan fingerprint density at radius 1 is 1.19 bits per heavy atom. The number of nitrogens with one attached hydrogen (secondary N) is 1. The quantitative estimate of drug-likeness (QED) is 0.721. The minimum Gasteiger partial charge on any atom is -0.405 e. The summed E-state index contributed by atoms with van der Waals surface area (Å²) in [7, 11) is 0. The molecular weight excluding hydrogens is 382 g/mol. The predicted octanol–water partition coefficient (Wildman–Crippen LogP) is 4.93. The van der Waals surface area contributed by atoms with Crippen LogP contribution in [-0.4, -0.2) is 36.4 Å². The summed E-state index contributed by atoms with van der Waals surface area (Å²) in [5.41, 5.74) is 10.3. The predicted molar refractivity (Wildman–Crippen MR) is 135 cm³/mol. The molecule has 1 saturated heterocycles. The summed E-state index contributed by atoms with van der Waals surface area (Å²) < 4.78 is 0. The summed E-state index contributed by atoms with van der Waals surface area (Å²) in [6, 6.07) is 13.3. The van der Waals surface area contributed by atoms with Crippen molar-refractivity contribution in [2.24, 2.45) is 10.7 Å². The Bertz CT molecular complexity index is 892. The van der Waals surface area contributed by atoms with Crippen molar-refractivity contribution in [3.63, 3.8) is 0 Å². The first kappa shape index (κ1) is 24.4. The molecule has 5 nitrogen and oxygen atoms in total. The third-order valence-corrected chi connectivity index (χ3v) is 5.18. The van der Waals surface area contributed by atoms with Gasteiger partial charge in [0.1, 0.15) is 5.82 Å². The van der Waals surface area contributed by atoms with E-state index in [9.17, 15) is 0 Å². The van der Waals surface area contributed by atoms with Crippen LogP contribution in [-0.2, 0) is 0 Å². The maximum absolute atomic E-state index is 4.80. The highest BCUT2D eigenvalue weighted by Gasteiger charge is 2.24. The molecule has 1 aromatic carbocycles. The van der Waals surface area contributed by atoms with Gasteiger partial charge in [-0.2, -0.15) is 0 Å². The number of anilines is 1.